The molecule has 5 aromatic heterocycles. The molecule has 168 valence electrons. The van der Waals surface area contributed by atoms with Crippen molar-refractivity contribution in [3.05, 3.63) is 48.3 Å². The molecule has 0 aromatic carbocycles. The Morgan fingerprint density at radius 2 is 1.94 bits per heavy atom. The van der Waals surface area contributed by atoms with Gasteiger partial charge in [0.2, 0.25) is 11.7 Å². The molecule has 0 aliphatic carbocycles. The van der Waals surface area contributed by atoms with Crippen LogP contribution in [-0.2, 0) is 4.74 Å². The Morgan fingerprint density at radius 1 is 1.06 bits per heavy atom. The number of rotatable bonds is 4. The van der Waals surface area contributed by atoms with Gasteiger partial charge in [-0.25, -0.2) is 9.97 Å². The summed E-state index contributed by atoms with van der Waals surface area (Å²) >= 11 is 0. The fourth-order valence-electron chi connectivity index (χ4n) is 3.83. The lowest BCUT2D eigenvalue weighted by Gasteiger charge is -2.27. The first kappa shape index (κ1) is 21.1. The summed E-state index contributed by atoms with van der Waals surface area (Å²) in [7, 11) is 0. The summed E-state index contributed by atoms with van der Waals surface area (Å²) in [5, 5.41) is 11.5. The van der Waals surface area contributed by atoms with Crippen molar-refractivity contribution in [2.24, 2.45) is 0 Å². The first-order valence-corrected chi connectivity index (χ1v) is 10.4. The number of hydrogen-bond donors (Lipinski definition) is 2. The maximum absolute atomic E-state index is 6.04. The molecule has 5 aromatic rings. The highest BCUT2D eigenvalue weighted by Gasteiger charge is 2.22. The molecule has 1 aliphatic rings. The molecule has 33 heavy (non-hydrogen) atoms. The van der Waals surface area contributed by atoms with Crippen LogP contribution in [0.2, 0.25) is 0 Å². The fourth-order valence-corrected chi connectivity index (χ4v) is 3.83. The van der Waals surface area contributed by atoms with Crippen molar-refractivity contribution >= 4 is 52.2 Å². The van der Waals surface area contributed by atoms with Gasteiger partial charge in [-0.05, 0) is 31.2 Å². The summed E-state index contributed by atoms with van der Waals surface area (Å²) in [6.45, 7) is 4.68. The van der Waals surface area contributed by atoms with Crippen LogP contribution in [-0.4, -0.2) is 56.4 Å². The van der Waals surface area contributed by atoms with Gasteiger partial charge >= 0.3 is 0 Å². The Kier molecular flexibility index (Phi) is 5.53. The van der Waals surface area contributed by atoms with E-state index in [2.05, 4.69) is 30.4 Å². The van der Waals surface area contributed by atoms with Crippen LogP contribution in [0, 0.1) is 6.92 Å². The molecule has 0 radical (unpaired) electrons. The average Bonchev–Trinajstić information content (AvgIpc) is 3.44. The molecule has 0 saturated carbocycles. The third kappa shape index (κ3) is 3.94. The number of nitrogens with zero attached hydrogens (tertiary/aromatic N) is 6. The summed E-state index contributed by atoms with van der Waals surface area (Å²) in [6, 6.07) is 11.6. The maximum Gasteiger partial charge on any atom is 0.231 e. The number of halogens is 1. The Labute approximate surface area is 194 Å². The lowest BCUT2D eigenvalue weighted by molar-refractivity contribution is 0.122. The number of fused-ring (bicyclic) bond motifs is 3. The molecular weight excluding hydrogens is 444 g/mol. The molecule has 0 spiro atoms. The Morgan fingerprint density at radius 3 is 2.79 bits per heavy atom. The number of aromatic amines is 1. The van der Waals surface area contributed by atoms with Crippen LogP contribution in [0.5, 0.6) is 0 Å². The Bertz CT molecular complexity index is 1430. The zero-order chi connectivity index (χ0) is 21.5. The van der Waals surface area contributed by atoms with Crippen molar-refractivity contribution in [3.63, 3.8) is 0 Å². The van der Waals surface area contributed by atoms with Crippen molar-refractivity contribution in [1.82, 2.24) is 30.1 Å². The molecule has 1 aliphatic heterocycles. The number of anilines is 3. The van der Waals surface area contributed by atoms with Crippen LogP contribution in [0.4, 0.5) is 17.6 Å². The summed E-state index contributed by atoms with van der Waals surface area (Å²) in [5.41, 5.74) is 4.44. The predicted molar refractivity (Wildman–Crippen MR) is 127 cm³/mol. The molecule has 6 heterocycles. The zero-order valence-corrected chi connectivity index (χ0v) is 18.6. The molecule has 0 atom stereocenters. The van der Waals surface area contributed by atoms with Crippen molar-refractivity contribution in [1.29, 1.82) is 0 Å². The van der Waals surface area contributed by atoms with Crippen molar-refractivity contribution < 1.29 is 9.15 Å². The number of morpholine rings is 1. The zero-order valence-electron chi connectivity index (χ0n) is 17.8. The lowest BCUT2D eigenvalue weighted by atomic mass is 10.2. The second-order valence-corrected chi connectivity index (χ2v) is 7.56. The summed E-state index contributed by atoms with van der Waals surface area (Å²) < 4.78 is 11.5. The molecule has 0 amide bonds. The molecule has 6 rings (SSSR count). The monoisotopic (exact) mass is 464 g/mol. The number of ether oxygens (including phenoxy) is 1. The van der Waals surface area contributed by atoms with Gasteiger partial charge in [0.1, 0.15) is 5.52 Å². The SMILES string of the molecule is Cc1cccc(-c2cc(Nc3nc(N4CCOCC4)c4oc5ncccc5c4n3)n[nH]2)n1.Cl. The molecule has 0 unspecified atom stereocenters. The summed E-state index contributed by atoms with van der Waals surface area (Å²) in [6.07, 6.45) is 1.70. The number of furan rings is 1. The smallest absolute Gasteiger partial charge is 0.231 e. The number of aryl methyl sites for hydroxylation is 1. The summed E-state index contributed by atoms with van der Waals surface area (Å²) in [4.78, 5) is 20.5. The van der Waals surface area contributed by atoms with Gasteiger partial charge in [0.05, 0.1) is 30.0 Å². The number of pyridine rings is 2. The third-order valence-electron chi connectivity index (χ3n) is 5.37. The standard InChI is InChI=1S/C22H20N8O2.ClH/c1-13-4-2-6-15(24-13)16-12-17(29-28-16)25-22-26-18-14-5-3-7-23-21(14)32-19(18)20(27-22)30-8-10-31-11-9-30;/h2-7,12H,8-11H2,1H3,(H2,25,26,27,28,29);1H. The first-order chi connectivity index (χ1) is 15.7. The van der Waals surface area contributed by atoms with Crippen LogP contribution >= 0.6 is 12.4 Å². The minimum absolute atomic E-state index is 0. The van der Waals surface area contributed by atoms with E-state index >= 15 is 0 Å². The number of hydrogen-bond acceptors (Lipinski definition) is 9. The number of H-pyrrole nitrogens is 1. The average molecular weight is 465 g/mol. The van der Waals surface area contributed by atoms with E-state index in [1.807, 2.05) is 43.3 Å². The maximum atomic E-state index is 6.04. The quantitative estimate of drug-likeness (QED) is 0.408. The van der Waals surface area contributed by atoms with E-state index in [0.717, 1.165) is 41.4 Å². The van der Waals surface area contributed by atoms with Crippen molar-refractivity contribution in [2.75, 3.05) is 36.5 Å². The van der Waals surface area contributed by atoms with Crippen molar-refractivity contribution in [2.45, 2.75) is 6.92 Å². The second kappa shape index (κ2) is 8.64. The van der Waals surface area contributed by atoms with E-state index < -0.39 is 0 Å². The highest BCUT2D eigenvalue weighted by molar-refractivity contribution is 6.05. The topological polar surface area (TPSA) is 118 Å². The van der Waals surface area contributed by atoms with Crippen LogP contribution in [0.15, 0.2) is 47.0 Å². The molecule has 1 saturated heterocycles. The molecule has 0 bridgehead atoms. The van der Waals surface area contributed by atoms with Crippen LogP contribution in [0.25, 0.3) is 33.6 Å². The fraction of sp³-hybridized carbons (Fsp3) is 0.227. The van der Waals surface area contributed by atoms with E-state index in [9.17, 15) is 0 Å². The highest BCUT2D eigenvalue weighted by atomic mass is 35.5. The van der Waals surface area contributed by atoms with E-state index in [0.29, 0.717) is 41.8 Å². The van der Waals surface area contributed by atoms with Gasteiger partial charge in [0.25, 0.3) is 0 Å². The number of aromatic nitrogens is 6. The molecule has 11 heteroatoms. The Balaban J connectivity index is 0.00000228. The van der Waals surface area contributed by atoms with Gasteiger partial charge in [-0.2, -0.15) is 10.1 Å². The van der Waals surface area contributed by atoms with Gasteiger partial charge in [-0.3, -0.25) is 10.1 Å². The molecule has 10 nitrogen and oxygen atoms in total. The second-order valence-electron chi connectivity index (χ2n) is 7.56. The molecular formula is C22H21ClN8O2. The summed E-state index contributed by atoms with van der Waals surface area (Å²) in [5.74, 6) is 1.75. The Hall–Kier alpha value is -3.76. The molecule has 2 N–H and O–H groups in total. The normalized spacial score (nSPS) is 13.9. The number of nitrogens with one attached hydrogen (secondary N) is 2. The van der Waals surface area contributed by atoms with Crippen LogP contribution in [0.3, 0.4) is 0 Å². The van der Waals surface area contributed by atoms with Gasteiger partial charge in [-0.1, -0.05) is 6.07 Å². The minimum atomic E-state index is 0. The predicted octanol–water partition coefficient (Wildman–Crippen LogP) is 3.87. The van der Waals surface area contributed by atoms with E-state index in [-0.39, 0.29) is 12.4 Å². The largest absolute Gasteiger partial charge is 0.432 e. The van der Waals surface area contributed by atoms with Gasteiger partial charge < -0.3 is 19.4 Å². The van der Waals surface area contributed by atoms with E-state index in [1.54, 1.807) is 6.20 Å². The van der Waals surface area contributed by atoms with Gasteiger partial charge in [0, 0.05) is 31.0 Å². The van der Waals surface area contributed by atoms with E-state index in [1.165, 1.54) is 0 Å². The highest BCUT2D eigenvalue weighted by Crippen LogP contribution is 2.34. The van der Waals surface area contributed by atoms with Crippen LogP contribution < -0.4 is 10.2 Å². The van der Waals surface area contributed by atoms with Gasteiger partial charge in [0.15, 0.2) is 17.2 Å². The van der Waals surface area contributed by atoms with Crippen molar-refractivity contribution in [3.8, 4) is 11.4 Å². The van der Waals surface area contributed by atoms with Crippen LogP contribution in [0.1, 0.15) is 5.69 Å². The minimum Gasteiger partial charge on any atom is -0.432 e. The molecule has 1 fully saturated rings. The van der Waals surface area contributed by atoms with E-state index in [4.69, 9.17) is 19.1 Å². The lowest BCUT2D eigenvalue weighted by Crippen LogP contribution is -2.37. The first-order valence-electron chi connectivity index (χ1n) is 10.4. The third-order valence-corrected chi connectivity index (χ3v) is 5.37. The van der Waals surface area contributed by atoms with Gasteiger partial charge in [-0.15, -0.1) is 12.4 Å².